The first-order valence-corrected chi connectivity index (χ1v) is 9.35. The summed E-state index contributed by atoms with van der Waals surface area (Å²) < 4.78 is 48.8. The minimum atomic E-state index is -4.40. The molecule has 0 aliphatic carbocycles. The third kappa shape index (κ3) is 5.00. The average molecular weight is 409 g/mol. The summed E-state index contributed by atoms with van der Waals surface area (Å²) in [6.45, 7) is 1.04. The number of carbonyl (C=O) groups is 1. The predicted molar refractivity (Wildman–Crippen MR) is 102 cm³/mol. The normalized spacial score (nSPS) is 19.1. The van der Waals surface area contributed by atoms with E-state index in [1.54, 1.807) is 14.2 Å². The Morgan fingerprint density at radius 2 is 1.86 bits per heavy atom. The largest absolute Gasteiger partial charge is 0.497 e. The third-order valence-electron chi connectivity index (χ3n) is 5.18. The monoisotopic (exact) mass is 409 g/mol. The molecule has 1 unspecified atom stereocenters. The maximum Gasteiger partial charge on any atom is 0.416 e. The van der Waals surface area contributed by atoms with Crippen LogP contribution in [0.5, 0.6) is 11.5 Å². The molecular formula is C21H24F3N2O3+. The van der Waals surface area contributed by atoms with Crippen LogP contribution in [0, 0.1) is 0 Å². The molecule has 0 radical (unpaired) electrons. The molecule has 0 saturated carbocycles. The molecule has 2 atom stereocenters. The van der Waals surface area contributed by atoms with Crippen molar-refractivity contribution >= 4 is 11.6 Å². The number of hydrogen-bond acceptors (Lipinski definition) is 3. The molecule has 0 spiro atoms. The molecule has 3 rings (SSSR count). The molecule has 5 nitrogen and oxygen atoms in total. The number of benzene rings is 2. The van der Waals surface area contributed by atoms with Crippen LogP contribution in [0.25, 0.3) is 0 Å². The Kier molecular flexibility index (Phi) is 6.32. The summed E-state index contributed by atoms with van der Waals surface area (Å²) in [7, 11) is 3.21. The number of ether oxygens (including phenoxy) is 2. The highest BCUT2D eigenvalue weighted by Crippen LogP contribution is 2.32. The number of anilines is 1. The first-order chi connectivity index (χ1) is 13.8. The van der Waals surface area contributed by atoms with Crippen molar-refractivity contribution in [2.75, 3.05) is 32.6 Å². The Hall–Kier alpha value is -2.74. The summed E-state index contributed by atoms with van der Waals surface area (Å²) in [4.78, 5) is 13.6. The van der Waals surface area contributed by atoms with E-state index < -0.39 is 11.7 Å². The molecule has 2 aromatic rings. The lowest BCUT2D eigenvalue weighted by Gasteiger charge is -2.23. The smallest absolute Gasteiger partial charge is 0.416 e. The van der Waals surface area contributed by atoms with Crippen molar-refractivity contribution < 1.29 is 32.3 Å². The number of rotatable bonds is 6. The number of quaternary nitrogens is 1. The van der Waals surface area contributed by atoms with E-state index in [1.165, 1.54) is 12.1 Å². The third-order valence-corrected chi connectivity index (χ3v) is 5.18. The van der Waals surface area contributed by atoms with Crippen LogP contribution in [-0.2, 0) is 11.0 Å². The SMILES string of the molecule is COc1ccc(OC)c([C@H]2CCC[NH+]2CC(=O)Nc2ccc(C(F)(F)F)cc2)c1. The zero-order valence-corrected chi connectivity index (χ0v) is 16.3. The fraction of sp³-hybridized carbons (Fsp3) is 0.381. The van der Waals surface area contributed by atoms with E-state index in [0.717, 1.165) is 53.5 Å². The fourth-order valence-corrected chi connectivity index (χ4v) is 3.76. The molecule has 29 heavy (non-hydrogen) atoms. The van der Waals surface area contributed by atoms with Gasteiger partial charge in [-0.05, 0) is 42.5 Å². The van der Waals surface area contributed by atoms with Crippen LogP contribution in [0.1, 0.15) is 30.0 Å². The summed E-state index contributed by atoms with van der Waals surface area (Å²) in [5.74, 6) is 1.23. The van der Waals surface area contributed by atoms with Gasteiger partial charge in [0.1, 0.15) is 17.5 Å². The summed E-state index contributed by atoms with van der Waals surface area (Å²) >= 11 is 0. The van der Waals surface area contributed by atoms with E-state index in [-0.39, 0.29) is 18.5 Å². The molecule has 2 N–H and O–H groups in total. The maximum atomic E-state index is 12.7. The Morgan fingerprint density at radius 1 is 1.14 bits per heavy atom. The molecule has 1 aliphatic rings. The van der Waals surface area contributed by atoms with Gasteiger partial charge >= 0.3 is 6.18 Å². The van der Waals surface area contributed by atoms with Gasteiger partial charge < -0.3 is 19.7 Å². The van der Waals surface area contributed by atoms with Crippen LogP contribution < -0.4 is 19.7 Å². The number of likely N-dealkylation sites (tertiary alicyclic amines) is 1. The van der Waals surface area contributed by atoms with E-state index in [2.05, 4.69) is 5.32 Å². The van der Waals surface area contributed by atoms with E-state index >= 15 is 0 Å². The van der Waals surface area contributed by atoms with Gasteiger partial charge in [-0.15, -0.1) is 0 Å². The van der Waals surface area contributed by atoms with Gasteiger partial charge in [-0.1, -0.05) is 0 Å². The Morgan fingerprint density at radius 3 is 2.48 bits per heavy atom. The fourth-order valence-electron chi connectivity index (χ4n) is 3.76. The molecule has 1 amide bonds. The van der Waals surface area contributed by atoms with Gasteiger partial charge in [0.2, 0.25) is 0 Å². The Bertz CT molecular complexity index is 853. The highest BCUT2D eigenvalue weighted by Gasteiger charge is 2.34. The Labute approximate surface area is 167 Å². The van der Waals surface area contributed by atoms with Crippen molar-refractivity contribution in [3.8, 4) is 11.5 Å². The van der Waals surface area contributed by atoms with Crippen LogP contribution >= 0.6 is 0 Å². The van der Waals surface area contributed by atoms with Crippen LogP contribution in [0.15, 0.2) is 42.5 Å². The second-order valence-electron chi connectivity index (χ2n) is 7.01. The predicted octanol–water partition coefficient (Wildman–Crippen LogP) is 3.08. The van der Waals surface area contributed by atoms with E-state index in [9.17, 15) is 18.0 Å². The van der Waals surface area contributed by atoms with Gasteiger partial charge in [-0.2, -0.15) is 13.2 Å². The van der Waals surface area contributed by atoms with Crippen molar-refractivity contribution in [2.24, 2.45) is 0 Å². The van der Waals surface area contributed by atoms with Gasteiger partial charge in [0, 0.05) is 18.5 Å². The maximum absolute atomic E-state index is 12.7. The molecule has 1 aliphatic heterocycles. The standard InChI is InChI=1S/C21H23F3N2O3/c1-28-16-9-10-19(29-2)17(12-16)18-4-3-11-26(18)13-20(27)25-15-7-5-14(6-8-15)21(22,23)24/h5-10,12,18H,3-4,11,13H2,1-2H3,(H,25,27)/p+1/t18-/m1/s1. The number of amides is 1. The van der Waals surface area contributed by atoms with Crippen LogP contribution in [0.4, 0.5) is 18.9 Å². The molecule has 2 aromatic carbocycles. The molecule has 156 valence electrons. The van der Waals surface area contributed by atoms with Crippen LogP contribution in [0.2, 0.25) is 0 Å². The summed E-state index contributed by atoms with van der Waals surface area (Å²) in [5, 5.41) is 2.69. The zero-order chi connectivity index (χ0) is 21.0. The molecule has 1 saturated heterocycles. The minimum Gasteiger partial charge on any atom is -0.497 e. The van der Waals surface area contributed by atoms with Gasteiger partial charge in [0.05, 0.1) is 31.9 Å². The topological polar surface area (TPSA) is 52.0 Å². The number of methoxy groups -OCH3 is 2. The molecule has 1 fully saturated rings. The van der Waals surface area contributed by atoms with Gasteiger partial charge in [0.15, 0.2) is 6.54 Å². The summed E-state index contributed by atoms with van der Waals surface area (Å²) in [6.07, 6.45) is -2.52. The second-order valence-corrected chi connectivity index (χ2v) is 7.01. The number of nitrogens with one attached hydrogen (secondary N) is 2. The van der Waals surface area contributed by atoms with Gasteiger partial charge in [-0.3, -0.25) is 4.79 Å². The molecule has 0 bridgehead atoms. The summed E-state index contributed by atoms with van der Waals surface area (Å²) in [5.41, 5.74) is 0.588. The van der Waals surface area contributed by atoms with Crippen molar-refractivity contribution in [1.29, 1.82) is 0 Å². The lowest BCUT2D eigenvalue weighted by atomic mass is 10.0. The van der Waals surface area contributed by atoms with Crippen LogP contribution in [0.3, 0.4) is 0 Å². The highest BCUT2D eigenvalue weighted by molar-refractivity contribution is 5.91. The lowest BCUT2D eigenvalue weighted by molar-refractivity contribution is -0.910. The first-order valence-electron chi connectivity index (χ1n) is 9.35. The minimum absolute atomic E-state index is 0.0819. The van der Waals surface area contributed by atoms with Crippen LogP contribution in [-0.4, -0.2) is 33.2 Å². The van der Waals surface area contributed by atoms with E-state index in [0.29, 0.717) is 5.69 Å². The molecule has 0 aromatic heterocycles. The first kappa shape index (κ1) is 21.0. The number of halogens is 3. The van der Waals surface area contributed by atoms with Gasteiger partial charge in [0.25, 0.3) is 5.91 Å². The summed E-state index contributed by atoms with van der Waals surface area (Å²) in [6, 6.07) is 10.2. The zero-order valence-electron chi connectivity index (χ0n) is 16.3. The van der Waals surface area contributed by atoms with Crippen molar-refractivity contribution in [2.45, 2.75) is 25.1 Å². The quantitative estimate of drug-likeness (QED) is 0.771. The van der Waals surface area contributed by atoms with E-state index in [4.69, 9.17) is 9.47 Å². The number of hydrogen-bond donors (Lipinski definition) is 2. The molecular weight excluding hydrogens is 385 g/mol. The molecule has 1 heterocycles. The Balaban J connectivity index is 1.69. The van der Waals surface area contributed by atoms with Crippen molar-refractivity contribution in [1.82, 2.24) is 0 Å². The van der Waals surface area contributed by atoms with E-state index in [1.807, 2.05) is 18.2 Å². The van der Waals surface area contributed by atoms with Gasteiger partial charge in [-0.25, -0.2) is 0 Å². The highest BCUT2D eigenvalue weighted by atomic mass is 19.4. The second kappa shape index (κ2) is 8.73. The number of alkyl halides is 3. The average Bonchev–Trinajstić information content (AvgIpc) is 3.14. The lowest BCUT2D eigenvalue weighted by Crippen LogP contribution is -3.11. The molecule has 8 heteroatoms. The van der Waals surface area contributed by atoms with Crippen molar-refractivity contribution in [3.05, 3.63) is 53.6 Å². The van der Waals surface area contributed by atoms with Crippen molar-refractivity contribution in [3.63, 3.8) is 0 Å². The number of carbonyl (C=O) groups excluding carboxylic acids is 1.